The molecular weight excluding hydrogens is 498 g/mol. The van der Waals surface area contributed by atoms with Gasteiger partial charge in [0.2, 0.25) is 0 Å². The molecule has 0 aromatic carbocycles. The van der Waals surface area contributed by atoms with Crippen LogP contribution in [0.5, 0.6) is 0 Å². The Morgan fingerprint density at radius 2 is 0.742 bits per heavy atom. The molecule has 0 N–H and O–H groups in total. The fourth-order valence-electron chi connectivity index (χ4n) is 5.35. The Labute approximate surface area is 218 Å². The molecule has 0 amide bonds. The van der Waals surface area contributed by atoms with Crippen molar-refractivity contribution in [1.29, 1.82) is 0 Å². The average Bonchev–Trinajstić information content (AvgIpc) is 3.17. The molecule has 0 atom stereocenters. The summed E-state index contributed by atoms with van der Waals surface area (Å²) in [4.78, 5) is 0. The van der Waals surface area contributed by atoms with Crippen molar-refractivity contribution < 1.29 is 48.0 Å². The summed E-state index contributed by atoms with van der Waals surface area (Å²) in [6.07, 6.45) is 18.6. The van der Waals surface area contributed by atoms with Crippen molar-refractivity contribution in [3.8, 4) is 0 Å². The Bertz CT molecular complexity index is 621. The van der Waals surface area contributed by atoms with E-state index in [1.54, 1.807) is 0 Å². The zero-order valence-corrected chi connectivity index (χ0v) is 25.1. The molecule has 0 aromatic heterocycles. The Kier molecular flexibility index (Phi) is 17.2. The molecule has 3 heteroatoms. The minimum Gasteiger partial charge on any atom is -1.00 e. The molecule has 0 nitrogen and oxygen atoms in total. The van der Waals surface area contributed by atoms with Crippen LogP contribution in [0, 0.1) is 0 Å². The molecule has 2 aliphatic rings. The van der Waals surface area contributed by atoms with E-state index in [2.05, 4.69) is 41.5 Å². The number of hydrogen-bond donors (Lipinski definition) is 0. The van der Waals surface area contributed by atoms with Crippen LogP contribution in [0.3, 0.4) is 0 Å². The fraction of sp³-hybridized carbons (Fsp3) is 0.714. The first kappa shape index (κ1) is 31.4. The maximum Gasteiger partial charge on any atom is -1.00 e. The van der Waals surface area contributed by atoms with Crippen LogP contribution < -0.4 is 24.8 Å². The van der Waals surface area contributed by atoms with Crippen molar-refractivity contribution in [1.82, 2.24) is 0 Å². The molecule has 31 heavy (non-hydrogen) atoms. The largest absolute Gasteiger partial charge is 1.00 e. The van der Waals surface area contributed by atoms with E-state index < -0.39 is 23.2 Å². The van der Waals surface area contributed by atoms with E-state index in [1.165, 1.54) is 89.9 Å². The predicted octanol–water partition coefficient (Wildman–Crippen LogP) is 3.79. The van der Waals surface area contributed by atoms with Crippen molar-refractivity contribution in [3.05, 3.63) is 40.0 Å². The van der Waals surface area contributed by atoms with Gasteiger partial charge in [0.25, 0.3) is 0 Å². The van der Waals surface area contributed by atoms with Gasteiger partial charge in [-0.1, -0.05) is 0 Å². The third-order valence-corrected chi connectivity index (χ3v) is 10.9. The summed E-state index contributed by atoms with van der Waals surface area (Å²) in [5, 5.41) is 0. The van der Waals surface area contributed by atoms with E-state index in [0.717, 1.165) is 0 Å². The van der Waals surface area contributed by atoms with Gasteiger partial charge in [0.05, 0.1) is 0 Å². The van der Waals surface area contributed by atoms with E-state index in [1.807, 2.05) is 40.0 Å². The quantitative estimate of drug-likeness (QED) is 0.312. The molecule has 0 unspecified atom stereocenters. The maximum atomic E-state index is 2.39. The summed E-state index contributed by atoms with van der Waals surface area (Å²) in [6.45, 7) is 14.3. The smallest absolute Gasteiger partial charge is 1.00 e. The number of halogens is 2. The first-order chi connectivity index (χ1) is 14.1. The van der Waals surface area contributed by atoms with Crippen LogP contribution >= 0.6 is 0 Å². The topological polar surface area (TPSA) is 0 Å². The van der Waals surface area contributed by atoms with Gasteiger partial charge in [0.1, 0.15) is 0 Å². The predicted molar refractivity (Wildman–Crippen MR) is 127 cm³/mol. The van der Waals surface area contributed by atoms with Gasteiger partial charge < -0.3 is 24.8 Å². The summed E-state index contributed by atoms with van der Waals surface area (Å²) in [5.41, 5.74) is 11.1. The van der Waals surface area contributed by atoms with Crippen LogP contribution in [0.15, 0.2) is 40.0 Å². The van der Waals surface area contributed by atoms with Crippen LogP contribution in [0.4, 0.5) is 0 Å². The van der Waals surface area contributed by atoms with Gasteiger partial charge in [-0.3, -0.25) is 0 Å². The summed E-state index contributed by atoms with van der Waals surface area (Å²) in [5.74, 6) is 0. The van der Waals surface area contributed by atoms with Crippen LogP contribution in [-0.2, 0) is 23.2 Å². The van der Waals surface area contributed by atoms with Crippen LogP contribution in [0.1, 0.15) is 131 Å². The van der Waals surface area contributed by atoms with E-state index in [-0.39, 0.29) is 24.8 Å². The number of allylic oxidation sites excluding steroid dienone is 8. The molecule has 0 bridgehead atoms. The molecule has 0 heterocycles. The number of hydrogen-bond acceptors (Lipinski definition) is 0. The second-order valence-corrected chi connectivity index (χ2v) is 12.2. The minimum absolute atomic E-state index is 0. The average molecular weight is 545 g/mol. The Balaban J connectivity index is 0.00000450. The van der Waals surface area contributed by atoms with Crippen LogP contribution in [-0.4, -0.2) is 0 Å². The van der Waals surface area contributed by atoms with E-state index in [9.17, 15) is 0 Å². The molecule has 0 fully saturated rings. The standard InChI is InChI=1S/2C14H23.2ClH.Zr/c2*1-4-7-12-10-13(8-5-2)14(11-12)9-6-3;;;/h2*4-10H2,1-3H3;2*1H;/q;;;;+2/p-2. The third-order valence-electron chi connectivity index (χ3n) is 6.47. The Morgan fingerprint density at radius 1 is 0.452 bits per heavy atom. The van der Waals surface area contributed by atoms with Gasteiger partial charge >= 0.3 is 195 Å². The molecule has 2 rings (SSSR count). The second-order valence-electron chi connectivity index (χ2n) is 9.10. The molecule has 0 spiro atoms. The molecule has 0 saturated carbocycles. The molecular formula is C28H46Cl2Zr. The molecule has 0 radical (unpaired) electrons. The summed E-state index contributed by atoms with van der Waals surface area (Å²) in [7, 11) is 0. The first-order valence-corrected chi connectivity index (χ1v) is 15.2. The zero-order chi connectivity index (χ0) is 21.2. The van der Waals surface area contributed by atoms with Crippen LogP contribution in [0.25, 0.3) is 0 Å². The molecule has 0 aliphatic heterocycles. The first-order valence-electron chi connectivity index (χ1n) is 12.8. The summed E-state index contributed by atoms with van der Waals surface area (Å²) in [6, 6.07) is 0. The van der Waals surface area contributed by atoms with Gasteiger partial charge in [-0.15, -0.1) is 0 Å². The van der Waals surface area contributed by atoms with Gasteiger partial charge in [0, 0.05) is 0 Å². The molecule has 176 valence electrons. The minimum atomic E-state index is -0.721. The third kappa shape index (κ3) is 8.30. The normalized spacial score (nSPS) is 16.2. The van der Waals surface area contributed by atoms with Gasteiger partial charge in [-0.2, -0.15) is 0 Å². The van der Waals surface area contributed by atoms with Crippen molar-refractivity contribution in [2.45, 2.75) is 131 Å². The van der Waals surface area contributed by atoms with Crippen molar-refractivity contribution in [2.75, 3.05) is 0 Å². The Hall–Kier alpha value is 0.423. The van der Waals surface area contributed by atoms with Crippen molar-refractivity contribution in [2.24, 2.45) is 0 Å². The monoisotopic (exact) mass is 542 g/mol. The number of rotatable bonds is 14. The van der Waals surface area contributed by atoms with Gasteiger partial charge in [-0.05, 0) is 0 Å². The van der Waals surface area contributed by atoms with Gasteiger partial charge in [0.15, 0.2) is 0 Å². The zero-order valence-electron chi connectivity index (χ0n) is 21.2. The summed E-state index contributed by atoms with van der Waals surface area (Å²) < 4.78 is 3.91. The van der Waals surface area contributed by atoms with E-state index in [4.69, 9.17) is 0 Å². The Morgan fingerprint density at radius 3 is 1.03 bits per heavy atom. The van der Waals surface area contributed by atoms with Gasteiger partial charge in [-0.25, -0.2) is 0 Å². The van der Waals surface area contributed by atoms with Crippen molar-refractivity contribution >= 4 is 0 Å². The second kappa shape index (κ2) is 16.9. The van der Waals surface area contributed by atoms with E-state index >= 15 is 0 Å². The van der Waals surface area contributed by atoms with E-state index in [0.29, 0.717) is 0 Å². The van der Waals surface area contributed by atoms with Crippen molar-refractivity contribution in [3.63, 3.8) is 0 Å². The van der Waals surface area contributed by atoms with Crippen LogP contribution in [0.2, 0.25) is 0 Å². The fourth-order valence-corrected chi connectivity index (χ4v) is 10.1. The summed E-state index contributed by atoms with van der Waals surface area (Å²) >= 11 is -0.721. The molecule has 2 aliphatic carbocycles. The maximum absolute atomic E-state index is 2.39. The SMILES string of the molecule is CCCC1=C(CCC)[C]([Zr+2][C]2=C(CCC)CC(CCC)=C2CCC)=C(CCC)C1.[Cl-].[Cl-]. The molecule has 0 aromatic rings. The molecule has 0 saturated heterocycles.